The fourth-order valence-electron chi connectivity index (χ4n) is 7.17. The Morgan fingerprint density at radius 1 is 1.17 bits per heavy atom. The van der Waals surface area contributed by atoms with Crippen LogP contribution in [0.25, 0.3) is 0 Å². The van der Waals surface area contributed by atoms with E-state index in [4.69, 9.17) is 23.7 Å². The Hall–Kier alpha value is -1.19. The predicted octanol–water partition coefficient (Wildman–Crippen LogP) is 2.85. The van der Waals surface area contributed by atoms with E-state index < -0.39 is 0 Å². The van der Waals surface area contributed by atoms with E-state index in [9.17, 15) is 4.79 Å². The van der Waals surface area contributed by atoms with Crippen LogP contribution >= 0.6 is 0 Å². The number of hydrogen-bond donors (Lipinski definition) is 0. The highest BCUT2D eigenvalue weighted by molar-refractivity contribution is 5.69. The summed E-state index contributed by atoms with van der Waals surface area (Å²) in [6.07, 6.45) is 5.41. The van der Waals surface area contributed by atoms with Crippen molar-refractivity contribution in [3.8, 4) is 0 Å². The largest absolute Gasteiger partial charge is 0.443 e. The molecule has 0 aromatic carbocycles. The lowest BCUT2D eigenvalue weighted by Gasteiger charge is -2.55. The number of carbonyl (C=O) groups is 1. The molecule has 8 nitrogen and oxygen atoms in total. The van der Waals surface area contributed by atoms with Gasteiger partial charge in [-0.2, -0.15) is 0 Å². The van der Waals surface area contributed by atoms with Crippen molar-refractivity contribution in [1.82, 2.24) is 9.80 Å². The first-order valence-electron chi connectivity index (χ1n) is 13.5. The Bertz CT molecular complexity index is 852. The van der Waals surface area contributed by atoms with Crippen LogP contribution < -0.4 is 0 Å². The van der Waals surface area contributed by atoms with Crippen LogP contribution in [-0.2, 0) is 23.7 Å². The molecule has 5 aliphatic heterocycles. The summed E-state index contributed by atoms with van der Waals surface area (Å²) >= 11 is 0. The highest BCUT2D eigenvalue weighted by atomic mass is 16.6. The molecule has 4 unspecified atom stereocenters. The molecule has 1 amide bonds. The van der Waals surface area contributed by atoms with E-state index in [0.717, 1.165) is 65.1 Å². The second-order valence-corrected chi connectivity index (χ2v) is 12.6. The molecule has 196 valence electrons. The van der Waals surface area contributed by atoms with Crippen LogP contribution in [0.2, 0.25) is 0 Å². The van der Waals surface area contributed by atoms with Gasteiger partial charge in [-0.1, -0.05) is 11.6 Å². The molecule has 5 saturated heterocycles. The van der Waals surface area contributed by atoms with Crippen molar-refractivity contribution >= 4 is 6.09 Å². The van der Waals surface area contributed by atoms with Crippen LogP contribution in [0.1, 0.15) is 46.5 Å². The summed E-state index contributed by atoms with van der Waals surface area (Å²) in [7, 11) is 1.73. The average Bonchev–Trinajstić information content (AvgIpc) is 3.64. The molecule has 6 atom stereocenters. The van der Waals surface area contributed by atoms with Gasteiger partial charge in [-0.25, -0.2) is 4.79 Å². The maximum Gasteiger partial charge on any atom is 0.410 e. The Labute approximate surface area is 209 Å². The normalized spacial score (nSPS) is 41.7. The molecule has 1 aliphatic carbocycles. The molecule has 0 aromatic rings. The Morgan fingerprint density at radius 2 is 1.91 bits per heavy atom. The standard InChI is InChI=1S/C27H42N2O6/c1-18(2)5-6-21-25(3,35-21)23-22(31-4)20(7-9-27(23)17-33-27)34-24(30)29-11-19(12-29)8-10-28-13-26(14-28)15-32-16-26/h5,19-23H,6-17H2,1-4H3/t20?,21-,22?,23?,25+,27?/m1/s1. The maximum absolute atomic E-state index is 13.0. The van der Waals surface area contributed by atoms with Crippen LogP contribution in [0.3, 0.4) is 0 Å². The van der Waals surface area contributed by atoms with E-state index in [-0.39, 0.29) is 41.5 Å². The first kappa shape index (κ1) is 24.2. The summed E-state index contributed by atoms with van der Waals surface area (Å²) in [6.45, 7) is 14.1. The van der Waals surface area contributed by atoms with Crippen molar-refractivity contribution in [1.29, 1.82) is 0 Å². The van der Waals surface area contributed by atoms with Crippen LogP contribution in [0, 0.1) is 17.3 Å². The van der Waals surface area contributed by atoms with Crippen LogP contribution in [-0.4, -0.2) is 105 Å². The monoisotopic (exact) mass is 490 g/mol. The molecule has 5 heterocycles. The summed E-state index contributed by atoms with van der Waals surface area (Å²) in [4.78, 5) is 17.4. The molecule has 8 heteroatoms. The number of carbonyl (C=O) groups excluding carboxylic acids is 1. The Balaban J connectivity index is 0.998. The van der Waals surface area contributed by atoms with Gasteiger partial charge in [0.25, 0.3) is 0 Å². The summed E-state index contributed by atoms with van der Waals surface area (Å²) in [5.41, 5.74) is 1.27. The van der Waals surface area contributed by atoms with Crippen molar-refractivity contribution in [2.75, 3.05) is 59.7 Å². The van der Waals surface area contributed by atoms with E-state index in [1.807, 2.05) is 4.90 Å². The van der Waals surface area contributed by atoms with Crippen LogP contribution in [0.5, 0.6) is 0 Å². The van der Waals surface area contributed by atoms with Crippen molar-refractivity contribution in [3.05, 3.63) is 11.6 Å². The molecule has 6 rings (SSSR count). The summed E-state index contributed by atoms with van der Waals surface area (Å²) in [6, 6.07) is 0. The Kier molecular flexibility index (Phi) is 6.00. The number of epoxide rings is 2. The number of rotatable bonds is 8. The van der Waals surface area contributed by atoms with Gasteiger partial charge in [-0.05, 0) is 58.9 Å². The van der Waals surface area contributed by atoms with Gasteiger partial charge in [0, 0.05) is 38.7 Å². The van der Waals surface area contributed by atoms with Crippen molar-refractivity contribution < 1.29 is 28.5 Å². The third-order valence-corrected chi connectivity index (χ3v) is 9.49. The summed E-state index contributed by atoms with van der Waals surface area (Å²) in [5, 5.41) is 0. The predicted molar refractivity (Wildman–Crippen MR) is 129 cm³/mol. The number of likely N-dealkylation sites (tertiary alicyclic amines) is 2. The maximum atomic E-state index is 13.0. The number of hydrogen-bond acceptors (Lipinski definition) is 7. The van der Waals surface area contributed by atoms with Crippen molar-refractivity contribution in [3.63, 3.8) is 0 Å². The number of methoxy groups -OCH3 is 1. The van der Waals surface area contributed by atoms with Gasteiger partial charge in [-0.15, -0.1) is 0 Å². The number of nitrogens with zero attached hydrogens (tertiary/aromatic N) is 2. The number of allylic oxidation sites excluding steroid dienone is 1. The van der Waals surface area contributed by atoms with Crippen molar-refractivity contribution in [2.24, 2.45) is 17.3 Å². The lowest BCUT2D eigenvalue weighted by molar-refractivity contribution is -0.189. The van der Waals surface area contributed by atoms with Gasteiger partial charge >= 0.3 is 6.09 Å². The summed E-state index contributed by atoms with van der Waals surface area (Å²) in [5.74, 6) is 0.638. The van der Waals surface area contributed by atoms with Crippen LogP contribution in [0.4, 0.5) is 4.79 Å². The van der Waals surface area contributed by atoms with Crippen molar-refractivity contribution in [2.45, 2.75) is 76.0 Å². The second kappa shape index (κ2) is 8.69. The molecule has 35 heavy (non-hydrogen) atoms. The van der Waals surface area contributed by atoms with E-state index in [1.54, 1.807) is 7.11 Å². The summed E-state index contributed by atoms with van der Waals surface area (Å²) < 4.78 is 29.7. The minimum atomic E-state index is -0.308. The zero-order valence-electron chi connectivity index (χ0n) is 21.8. The molecule has 0 aromatic heterocycles. The zero-order valence-corrected chi connectivity index (χ0v) is 21.8. The SMILES string of the molecule is COC1C(OC(=O)N2CC(CCN3CC4(COC4)C3)C2)CCC2(CO2)C1[C@@]1(C)O[C@@H]1CC=C(C)C. The highest BCUT2D eigenvalue weighted by Gasteiger charge is 2.72. The minimum Gasteiger partial charge on any atom is -0.443 e. The highest BCUT2D eigenvalue weighted by Crippen LogP contribution is 2.59. The van der Waals surface area contributed by atoms with E-state index >= 15 is 0 Å². The van der Waals surface area contributed by atoms with Gasteiger partial charge in [0.15, 0.2) is 0 Å². The third-order valence-electron chi connectivity index (χ3n) is 9.49. The lowest BCUT2D eigenvalue weighted by atomic mass is 9.68. The van der Waals surface area contributed by atoms with Gasteiger partial charge < -0.3 is 33.5 Å². The fourth-order valence-corrected chi connectivity index (χ4v) is 7.17. The molecule has 6 fully saturated rings. The first-order chi connectivity index (χ1) is 16.8. The molecule has 1 saturated carbocycles. The number of ether oxygens (including phenoxy) is 5. The average molecular weight is 491 g/mol. The molecule has 0 bridgehead atoms. The quantitative estimate of drug-likeness (QED) is 0.383. The van der Waals surface area contributed by atoms with Gasteiger partial charge in [-0.3, -0.25) is 0 Å². The molecular weight excluding hydrogens is 448 g/mol. The van der Waals surface area contributed by atoms with Gasteiger partial charge in [0.05, 0.1) is 31.8 Å². The lowest BCUT2D eigenvalue weighted by Crippen LogP contribution is -2.66. The van der Waals surface area contributed by atoms with Gasteiger partial charge in [0.1, 0.15) is 23.4 Å². The fraction of sp³-hybridized carbons (Fsp3) is 0.889. The van der Waals surface area contributed by atoms with Crippen LogP contribution in [0.15, 0.2) is 11.6 Å². The van der Waals surface area contributed by atoms with E-state index in [0.29, 0.717) is 11.3 Å². The molecular formula is C27H42N2O6. The topological polar surface area (TPSA) is 76.3 Å². The van der Waals surface area contributed by atoms with E-state index in [2.05, 4.69) is 31.7 Å². The first-order valence-corrected chi connectivity index (χ1v) is 13.5. The molecule has 0 radical (unpaired) electrons. The van der Waals surface area contributed by atoms with E-state index in [1.165, 1.54) is 18.7 Å². The molecule has 2 spiro atoms. The smallest absolute Gasteiger partial charge is 0.410 e. The third kappa shape index (κ3) is 4.33. The minimum absolute atomic E-state index is 0.0622. The number of amides is 1. The zero-order chi connectivity index (χ0) is 24.4. The molecule has 0 N–H and O–H groups in total. The van der Waals surface area contributed by atoms with Gasteiger partial charge in [0.2, 0.25) is 0 Å². The Morgan fingerprint density at radius 3 is 2.51 bits per heavy atom. The molecule has 6 aliphatic rings. The second-order valence-electron chi connectivity index (χ2n) is 12.6.